The van der Waals surface area contributed by atoms with Crippen LogP contribution in [0.25, 0.3) is 0 Å². The van der Waals surface area contributed by atoms with Crippen LogP contribution in [0, 0.1) is 6.92 Å². The molecule has 0 aliphatic rings. The van der Waals surface area contributed by atoms with Gasteiger partial charge in [0.15, 0.2) is 5.78 Å². The number of ketones is 1. The summed E-state index contributed by atoms with van der Waals surface area (Å²) in [5, 5.41) is 0.641. The zero-order valence-electron chi connectivity index (χ0n) is 10.2. The van der Waals surface area contributed by atoms with Gasteiger partial charge in [-0.05, 0) is 42.3 Å². The van der Waals surface area contributed by atoms with Crippen LogP contribution >= 0.6 is 43.5 Å². The van der Waals surface area contributed by atoms with Crippen LogP contribution < -0.4 is 0 Å². The third-order valence-corrected chi connectivity index (χ3v) is 4.01. The second-order valence-corrected chi connectivity index (χ2v) is 6.59. The lowest BCUT2D eigenvalue weighted by Crippen LogP contribution is -2.04. The molecule has 0 saturated carbocycles. The number of Topliss-reactive ketones (excluding diaryl/α,β-unsaturated/α-hetero) is 1. The second-order valence-electron chi connectivity index (χ2n) is 4.35. The summed E-state index contributed by atoms with van der Waals surface area (Å²) in [5.74, 6) is 0.0488. The molecule has 98 valence electrons. The SMILES string of the molecule is Cc1ccc(CC(=O)c2cc(Br)cc(Br)c2)c(Cl)c1. The summed E-state index contributed by atoms with van der Waals surface area (Å²) in [7, 11) is 0. The van der Waals surface area contributed by atoms with Gasteiger partial charge in [0.1, 0.15) is 0 Å². The molecule has 0 saturated heterocycles. The van der Waals surface area contributed by atoms with Gasteiger partial charge in [0.2, 0.25) is 0 Å². The Morgan fingerprint density at radius 3 is 2.32 bits per heavy atom. The maximum Gasteiger partial charge on any atom is 0.167 e. The third kappa shape index (κ3) is 3.91. The Morgan fingerprint density at radius 2 is 1.74 bits per heavy atom. The number of hydrogen-bond acceptors (Lipinski definition) is 1. The molecule has 0 aromatic heterocycles. The van der Waals surface area contributed by atoms with Gasteiger partial charge in [0, 0.05) is 26.0 Å². The van der Waals surface area contributed by atoms with Crippen molar-refractivity contribution in [2.45, 2.75) is 13.3 Å². The van der Waals surface area contributed by atoms with Crippen LogP contribution in [0.15, 0.2) is 45.3 Å². The van der Waals surface area contributed by atoms with E-state index in [1.54, 1.807) is 0 Å². The molecule has 0 N–H and O–H groups in total. The fourth-order valence-electron chi connectivity index (χ4n) is 1.79. The number of aryl methyl sites for hydroxylation is 1. The predicted octanol–water partition coefficient (Wildman–Crippen LogP) is 5.60. The van der Waals surface area contributed by atoms with E-state index in [4.69, 9.17) is 11.6 Å². The van der Waals surface area contributed by atoms with Crippen LogP contribution in [-0.4, -0.2) is 5.78 Å². The van der Waals surface area contributed by atoms with Gasteiger partial charge in [-0.25, -0.2) is 0 Å². The van der Waals surface area contributed by atoms with E-state index in [-0.39, 0.29) is 5.78 Å². The standard InChI is InChI=1S/C15H11Br2ClO/c1-9-2-3-10(14(18)4-9)7-15(19)11-5-12(16)8-13(17)6-11/h2-6,8H,7H2,1H3. The quantitative estimate of drug-likeness (QED) is 0.611. The molecule has 2 aromatic rings. The van der Waals surface area contributed by atoms with E-state index in [0.29, 0.717) is 17.0 Å². The molecule has 0 unspecified atom stereocenters. The Balaban J connectivity index is 2.25. The summed E-state index contributed by atoms with van der Waals surface area (Å²) >= 11 is 12.9. The van der Waals surface area contributed by atoms with Gasteiger partial charge in [-0.3, -0.25) is 4.79 Å². The highest BCUT2D eigenvalue weighted by atomic mass is 79.9. The minimum absolute atomic E-state index is 0.0488. The van der Waals surface area contributed by atoms with Crippen LogP contribution in [0.4, 0.5) is 0 Å². The largest absolute Gasteiger partial charge is 0.294 e. The van der Waals surface area contributed by atoms with Gasteiger partial charge in [0.05, 0.1) is 0 Å². The Kier molecular flexibility index (Phi) is 4.82. The van der Waals surface area contributed by atoms with Crippen molar-refractivity contribution in [1.82, 2.24) is 0 Å². The molecular formula is C15H11Br2ClO. The fraction of sp³-hybridized carbons (Fsp3) is 0.133. The van der Waals surface area contributed by atoms with Gasteiger partial charge >= 0.3 is 0 Å². The summed E-state index contributed by atoms with van der Waals surface area (Å²) in [5.41, 5.74) is 2.61. The highest BCUT2D eigenvalue weighted by Crippen LogP contribution is 2.23. The van der Waals surface area contributed by atoms with Crippen molar-refractivity contribution in [1.29, 1.82) is 0 Å². The van der Waals surface area contributed by atoms with E-state index in [2.05, 4.69) is 31.9 Å². The van der Waals surface area contributed by atoms with Gasteiger partial charge in [-0.2, -0.15) is 0 Å². The van der Waals surface area contributed by atoms with Crippen LogP contribution in [0.1, 0.15) is 21.5 Å². The maximum atomic E-state index is 12.3. The second kappa shape index (κ2) is 6.21. The molecular weight excluding hydrogens is 391 g/mol. The normalized spacial score (nSPS) is 10.5. The molecule has 0 fully saturated rings. The molecule has 0 radical (unpaired) electrons. The third-order valence-electron chi connectivity index (χ3n) is 2.74. The van der Waals surface area contributed by atoms with Crippen molar-refractivity contribution in [2.24, 2.45) is 0 Å². The van der Waals surface area contributed by atoms with E-state index in [1.165, 1.54) is 0 Å². The van der Waals surface area contributed by atoms with E-state index < -0.39 is 0 Å². The number of rotatable bonds is 3. The lowest BCUT2D eigenvalue weighted by atomic mass is 10.0. The zero-order chi connectivity index (χ0) is 14.0. The summed E-state index contributed by atoms with van der Waals surface area (Å²) < 4.78 is 1.75. The topological polar surface area (TPSA) is 17.1 Å². The maximum absolute atomic E-state index is 12.3. The first-order valence-electron chi connectivity index (χ1n) is 5.70. The van der Waals surface area contributed by atoms with Gasteiger partial charge in [-0.1, -0.05) is 55.6 Å². The average Bonchev–Trinajstić information content (AvgIpc) is 2.31. The Morgan fingerprint density at radius 1 is 1.11 bits per heavy atom. The van der Waals surface area contributed by atoms with Crippen molar-refractivity contribution in [3.05, 3.63) is 67.1 Å². The van der Waals surface area contributed by atoms with Crippen LogP contribution in [0.3, 0.4) is 0 Å². The molecule has 0 aliphatic carbocycles. The summed E-state index contributed by atoms with van der Waals surface area (Å²) in [6.45, 7) is 1.98. The molecule has 2 rings (SSSR count). The number of benzene rings is 2. The molecule has 0 spiro atoms. The fourth-order valence-corrected chi connectivity index (χ4v) is 3.38. The monoisotopic (exact) mass is 400 g/mol. The van der Waals surface area contributed by atoms with E-state index in [1.807, 2.05) is 43.3 Å². The number of halogens is 3. The lowest BCUT2D eigenvalue weighted by molar-refractivity contribution is 0.0993. The molecule has 0 atom stereocenters. The van der Waals surface area contributed by atoms with Gasteiger partial charge in [-0.15, -0.1) is 0 Å². The van der Waals surface area contributed by atoms with E-state index >= 15 is 0 Å². The molecule has 0 amide bonds. The first-order valence-corrected chi connectivity index (χ1v) is 7.66. The van der Waals surface area contributed by atoms with Crippen LogP contribution in [0.2, 0.25) is 5.02 Å². The number of carbonyl (C=O) groups is 1. The number of carbonyl (C=O) groups excluding carboxylic acids is 1. The predicted molar refractivity (Wildman–Crippen MR) is 86.1 cm³/mol. The van der Waals surface area contributed by atoms with Crippen molar-refractivity contribution >= 4 is 49.2 Å². The van der Waals surface area contributed by atoms with Crippen LogP contribution in [0.5, 0.6) is 0 Å². The zero-order valence-corrected chi connectivity index (χ0v) is 14.1. The highest BCUT2D eigenvalue weighted by molar-refractivity contribution is 9.11. The van der Waals surface area contributed by atoms with Crippen molar-refractivity contribution in [3.8, 4) is 0 Å². The summed E-state index contributed by atoms with van der Waals surface area (Å²) in [6.07, 6.45) is 0.308. The Labute approximate surface area is 134 Å². The molecule has 0 aliphatic heterocycles. The molecule has 2 aromatic carbocycles. The molecule has 4 heteroatoms. The Hall–Kier alpha value is -0.640. The van der Waals surface area contributed by atoms with E-state index in [9.17, 15) is 4.79 Å². The minimum Gasteiger partial charge on any atom is -0.294 e. The van der Waals surface area contributed by atoms with Crippen molar-refractivity contribution < 1.29 is 4.79 Å². The first kappa shape index (κ1) is 14.8. The lowest BCUT2D eigenvalue weighted by Gasteiger charge is -2.06. The molecule has 0 bridgehead atoms. The molecule has 19 heavy (non-hydrogen) atoms. The van der Waals surface area contributed by atoms with Crippen LogP contribution in [-0.2, 0) is 6.42 Å². The smallest absolute Gasteiger partial charge is 0.167 e. The van der Waals surface area contributed by atoms with Crippen molar-refractivity contribution in [3.63, 3.8) is 0 Å². The minimum atomic E-state index is 0.0488. The van der Waals surface area contributed by atoms with E-state index in [0.717, 1.165) is 20.1 Å². The van der Waals surface area contributed by atoms with Gasteiger partial charge < -0.3 is 0 Å². The first-order chi connectivity index (χ1) is 8.95. The molecule has 0 heterocycles. The summed E-state index contributed by atoms with van der Waals surface area (Å²) in [4.78, 5) is 12.3. The average molecular weight is 403 g/mol. The van der Waals surface area contributed by atoms with Crippen molar-refractivity contribution in [2.75, 3.05) is 0 Å². The highest BCUT2D eigenvalue weighted by Gasteiger charge is 2.11. The van der Waals surface area contributed by atoms with Gasteiger partial charge in [0.25, 0.3) is 0 Å². The Bertz CT molecular complexity index is 618. The molecule has 1 nitrogen and oxygen atoms in total. The number of hydrogen-bond donors (Lipinski definition) is 0. The summed E-state index contributed by atoms with van der Waals surface area (Å²) in [6, 6.07) is 11.3.